The van der Waals surface area contributed by atoms with Crippen LogP contribution in [0, 0.1) is 6.92 Å². The van der Waals surface area contributed by atoms with E-state index in [1.807, 2.05) is 20.8 Å². The van der Waals surface area contributed by atoms with Crippen LogP contribution in [0.3, 0.4) is 0 Å². The number of carbonyl (C=O) groups excluding carboxylic acids is 1. The molecule has 19 heavy (non-hydrogen) atoms. The van der Waals surface area contributed by atoms with Crippen molar-refractivity contribution in [2.75, 3.05) is 6.54 Å². The van der Waals surface area contributed by atoms with Gasteiger partial charge in [-0.15, -0.1) is 36.2 Å². The van der Waals surface area contributed by atoms with E-state index in [0.29, 0.717) is 11.4 Å². The van der Waals surface area contributed by atoms with Gasteiger partial charge in [0.2, 0.25) is 0 Å². The number of amides is 1. The number of halogens is 2. The van der Waals surface area contributed by atoms with Crippen molar-refractivity contribution in [3.05, 3.63) is 15.6 Å². The van der Waals surface area contributed by atoms with E-state index in [1.54, 1.807) is 0 Å². The molecule has 0 aliphatic rings. The SMILES string of the molecule is CCCc1nc(C)c(C(=O)NCC(C)(C)N)s1.Cl.Cl. The second-order valence-electron chi connectivity index (χ2n) is 4.94. The maximum Gasteiger partial charge on any atom is 0.263 e. The van der Waals surface area contributed by atoms with Gasteiger partial charge in [0.15, 0.2) is 0 Å². The summed E-state index contributed by atoms with van der Waals surface area (Å²) < 4.78 is 0. The van der Waals surface area contributed by atoms with E-state index in [9.17, 15) is 4.79 Å². The minimum atomic E-state index is -0.388. The molecule has 0 aromatic carbocycles. The highest BCUT2D eigenvalue weighted by Crippen LogP contribution is 2.19. The lowest BCUT2D eigenvalue weighted by atomic mass is 10.1. The Hall–Kier alpha value is -0.360. The van der Waals surface area contributed by atoms with Crippen LogP contribution in [0.2, 0.25) is 0 Å². The van der Waals surface area contributed by atoms with E-state index in [0.717, 1.165) is 23.5 Å². The van der Waals surface area contributed by atoms with Crippen LogP contribution >= 0.6 is 36.2 Å². The highest BCUT2D eigenvalue weighted by atomic mass is 35.5. The van der Waals surface area contributed by atoms with Gasteiger partial charge in [-0.25, -0.2) is 4.98 Å². The third-order valence-electron chi connectivity index (χ3n) is 2.22. The van der Waals surface area contributed by atoms with E-state index in [4.69, 9.17) is 5.73 Å². The van der Waals surface area contributed by atoms with Crippen LogP contribution in [-0.2, 0) is 6.42 Å². The lowest BCUT2D eigenvalue weighted by molar-refractivity contribution is 0.0949. The molecule has 1 rings (SSSR count). The third-order valence-corrected chi connectivity index (χ3v) is 3.43. The van der Waals surface area contributed by atoms with Crippen molar-refractivity contribution >= 4 is 42.1 Å². The largest absolute Gasteiger partial charge is 0.349 e. The molecular formula is C12H23Cl2N3OS. The van der Waals surface area contributed by atoms with Gasteiger partial charge in [-0.05, 0) is 33.6 Å². The van der Waals surface area contributed by atoms with Crippen LogP contribution in [0.15, 0.2) is 0 Å². The lowest BCUT2D eigenvalue weighted by Crippen LogP contribution is -2.45. The molecule has 0 saturated carbocycles. The molecule has 112 valence electrons. The number of rotatable bonds is 5. The Morgan fingerprint density at radius 2 is 2.00 bits per heavy atom. The fraction of sp³-hybridized carbons (Fsp3) is 0.667. The summed E-state index contributed by atoms with van der Waals surface area (Å²) >= 11 is 1.48. The van der Waals surface area contributed by atoms with Gasteiger partial charge in [-0.2, -0.15) is 0 Å². The Balaban J connectivity index is 0. The van der Waals surface area contributed by atoms with Crippen molar-refractivity contribution in [3.8, 4) is 0 Å². The lowest BCUT2D eigenvalue weighted by Gasteiger charge is -2.18. The maximum atomic E-state index is 11.9. The van der Waals surface area contributed by atoms with Gasteiger partial charge in [-0.3, -0.25) is 4.79 Å². The van der Waals surface area contributed by atoms with Crippen LogP contribution in [0.5, 0.6) is 0 Å². The first kappa shape index (κ1) is 20.9. The number of nitrogens with one attached hydrogen (secondary N) is 1. The number of carbonyl (C=O) groups is 1. The normalized spacial score (nSPS) is 10.4. The summed E-state index contributed by atoms with van der Waals surface area (Å²) in [4.78, 5) is 17.0. The molecular weight excluding hydrogens is 305 g/mol. The highest BCUT2D eigenvalue weighted by Gasteiger charge is 2.17. The summed E-state index contributed by atoms with van der Waals surface area (Å²) in [6.45, 7) is 8.21. The molecule has 0 bridgehead atoms. The molecule has 4 nitrogen and oxygen atoms in total. The Bertz CT molecular complexity index is 402. The minimum absolute atomic E-state index is 0. The smallest absolute Gasteiger partial charge is 0.263 e. The molecule has 1 amide bonds. The summed E-state index contributed by atoms with van der Waals surface area (Å²) in [5.41, 5.74) is 6.25. The number of nitrogens with two attached hydrogens (primary N) is 1. The second kappa shape index (κ2) is 8.74. The predicted molar refractivity (Wildman–Crippen MR) is 85.9 cm³/mol. The van der Waals surface area contributed by atoms with Crippen LogP contribution in [-0.4, -0.2) is 23.0 Å². The van der Waals surface area contributed by atoms with Crippen LogP contribution in [0.1, 0.15) is 47.6 Å². The van der Waals surface area contributed by atoms with Gasteiger partial charge >= 0.3 is 0 Å². The van der Waals surface area contributed by atoms with Gasteiger partial charge in [0.1, 0.15) is 4.88 Å². The summed E-state index contributed by atoms with van der Waals surface area (Å²) in [7, 11) is 0. The number of hydrogen-bond donors (Lipinski definition) is 2. The molecule has 7 heteroatoms. The molecule has 3 N–H and O–H groups in total. The quantitative estimate of drug-likeness (QED) is 0.873. The van der Waals surface area contributed by atoms with E-state index in [-0.39, 0.29) is 36.3 Å². The van der Waals surface area contributed by atoms with Gasteiger partial charge in [-0.1, -0.05) is 6.92 Å². The summed E-state index contributed by atoms with van der Waals surface area (Å²) in [6, 6.07) is 0. The molecule has 1 aromatic rings. The predicted octanol–water partition coefficient (Wildman–Crippen LogP) is 2.71. The van der Waals surface area contributed by atoms with Crippen molar-refractivity contribution in [3.63, 3.8) is 0 Å². The minimum Gasteiger partial charge on any atom is -0.349 e. The standard InChI is InChI=1S/C12H21N3OS.2ClH/c1-5-6-9-15-8(2)10(17-9)11(16)14-7-12(3,4)13;;/h5-7,13H2,1-4H3,(H,14,16);2*1H. The average Bonchev–Trinajstić information content (AvgIpc) is 2.55. The van der Waals surface area contributed by atoms with Gasteiger partial charge < -0.3 is 11.1 Å². The summed E-state index contributed by atoms with van der Waals surface area (Å²) in [5.74, 6) is -0.0686. The van der Waals surface area contributed by atoms with E-state index in [2.05, 4.69) is 17.2 Å². The molecule has 0 radical (unpaired) electrons. The molecule has 1 heterocycles. The van der Waals surface area contributed by atoms with Crippen molar-refractivity contribution in [2.45, 2.75) is 46.1 Å². The molecule has 0 atom stereocenters. The second-order valence-corrected chi connectivity index (χ2v) is 6.03. The van der Waals surface area contributed by atoms with Crippen LogP contribution in [0.4, 0.5) is 0 Å². The Morgan fingerprint density at radius 1 is 1.42 bits per heavy atom. The number of nitrogens with zero attached hydrogens (tertiary/aromatic N) is 1. The first-order valence-corrected chi connectivity index (χ1v) is 6.68. The first-order valence-electron chi connectivity index (χ1n) is 5.87. The molecule has 0 unspecified atom stereocenters. The Morgan fingerprint density at radius 3 is 2.47 bits per heavy atom. The van der Waals surface area contributed by atoms with Crippen LogP contribution < -0.4 is 11.1 Å². The van der Waals surface area contributed by atoms with Gasteiger partial charge in [0.25, 0.3) is 5.91 Å². The van der Waals surface area contributed by atoms with E-state index in [1.165, 1.54) is 11.3 Å². The number of aromatic nitrogens is 1. The zero-order chi connectivity index (χ0) is 13.1. The summed E-state index contributed by atoms with van der Waals surface area (Å²) in [6.07, 6.45) is 1.98. The van der Waals surface area contributed by atoms with Crippen molar-refractivity contribution in [2.24, 2.45) is 5.73 Å². The third kappa shape index (κ3) is 7.11. The molecule has 0 fully saturated rings. The van der Waals surface area contributed by atoms with Gasteiger partial charge in [0, 0.05) is 12.1 Å². The Kier molecular flexibility index (Phi) is 9.64. The summed E-state index contributed by atoms with van der Waals surface area (Å²) in [5, 5.41) is 3.87. The van der Waals surface area contributed by atoms with Crippen molar-refractivity contribution in [1.82, 2.24) is 10.3 Å². The van der Waals surface area contributed by atoms with Gasteiger partial charge in [0.05, 0.1) is 10.7 Å². The van der Waals surface area contributed by atoms with E-state index >= 15 is 0 Å². The van der Waals surface area contributed by atoms with Crippen molar-refractivity contribution < 1.29 is 4.79 Å². The number of thiazole rings is 1. The molecule has 0 aliphatic carbocycles. The Labute approximate surface area is 131 Å². The highest BCUT2D eigenvalue weighted by molar-refractivity contribution is 7.13. The number of hydrogen-bond acceptors (Lipinski definition) is 4. The van der Waals surface area contributed by atoms with E-state index < -0.39 is 0 Å². The first-order chi connectivity index (χ1) is 7.83. The average molecular weight is 328 g/mol. The molecule has 0 saturated heterocycles. The van der Waals surface area contributed by atoms with Crippen molar-refractivity contribution in [1.29, 1.82) is 0 Å². The zero-order valence-corrected chi connectivity index (χ0v) is 14.2. The fourth-order valence-electron chi connectivity index (χ4n) is 1.37. The monoisotopic (exact) mass is 327 g/mol. The zero-order valence-electron chi connectivity index (χ0n) is 11.8. The maximum absolute atomic E-state index is 11.9. The van der Waals surface area contributed by atoms with Crippen LogP contribution in [0.25, 0.3) is 0 Å². The fourth-order valence-corrected chi connectivity index (χ4v) is 2.45. The topological polar surface area (TPSA) is 68.0 Å². The molecule has 1 aromatic heterocycles. The number of aryl methyl sites for hydroxylation is 2. The molecule has 0 aliphatic heterocycles. The molecule has 0 spiro atoms.